The van der Waals surface area contributed by atoms with Gasteiger partial charge in [0.05, 0.1) is 18.8 Å². The van der Waals surface area contributed by atoms with Crippen LogP contribution in [0.4, 0.5) is 5.13 Å². The minimum absolute atomic E-state index is 0.0805. The van der Waals surface area contributed by atoms with E-state index < -0.39 is 0 Å². The molecular weight excluding hydrogens is 346 g/mol. The summed E-state index contributed by atoms with van der Waals surface area (Å²) in [5.41, 5.74) is 2.62. The number of amides is 1. The molecule has 7 heteroatoms. The fourth-order valence-electron chi connectivity index (χ4n) is 3.10. The Morgan fingerprint density at radius 2 is 2.12 bits per heavy atom. The van der Waals surface area contributed by atoms with Crippen LogP contribution >= 0.6 is 11.3 Å². The summed E-state index contributed by atoms with van der Waals surface area (Å²) in [4.78, 5) is 19.4. The van der Waals surface area contributed by atoms with Gasteiger partial charge in [0.25, 0.3) is 5.91 Å². The standard InChI is InChI=1S/C19H21N5OS/c25-18(16-6-3-5-15(11-16)13-24-10-4-7-21-24)20-12-17-14-26-19(22-17)23-8-1-2-9-23/h3-7,10-11,14H,1-2,8-9,12-13H2,(H,20,25). The maximum atomic E-state index is 12.5. The predicted molar refractivity (Wildman–Crippen MR) is 103 cm³/mol. The third-order valence-corrected chi connectivity index (χ3v) is 5.39. The molecule has 3 aromatic rings. The quantitative estimate of drug-likeness (QED) is 0.728. The van der Waals surface area contributed by atoms with Gasteiger partial charge in [-0.05, 0) is 36.6 Å². The number of nitrogens with one attached hydrogen (secondary N) is 1. The van der Waals surface area contributed by atoms with Gasteiger partial charge in [-0.25, -0.2) is 4.98 Å². The third kappa shape index (κ3) is 3.94. The summed E-state index contributed by atoms with van der Waals surface area (Å²) in [5.74, 6) is -0.0805. The molecule has 1 aliphatic heterocycles. The van der Waals surface area contributed by atoms with Crippen molar-refractivity contribution in [2.75, 3.05) is 18.0 Å². The average molecular weight is 367 g/mol. The molecule has 1 saturated heterocycles. The van der Waals surface area contributed by atoms with E-state index in [0.29, 0.717) is 18.7 Å². The van der Waals surface area contributed by atoms with E-state index in [2.05, 4.69) is 20.3 Å². The Hall–Kier alpha value is -2.67. The molecule has 0 atom stereocenters. The Kier molecular flexibility index (Phi) is 4.97. The van der Waals surface area contributed by atoms with Crippen molar-refractivity contribution in [2.45, 2.75) is 25.9 Å². The molecule has 0 spiro atoms. The Morgan fingerprint density at radius 1 is 1.23 bits per heavy atom. The smallest absolute Gasteiger partial charge is 0.251 e. The van der Waals surface area contributed by atoms with Crippen molar-refractivity contribution in [3.8, 4) is 0 Å². The van der Waals surface area contributed by atoms with Crippen LogP contribution in [0.15, 0.2) is 48.1 Å². The molecule has 0 saturated carbocycles. The maximum absolute atomic E-state index is 12.5. The van der Waals surface area contributed by atoms with Crippen molar-refractivity contribution in [2.24, 2.45) is 0 Å². The lowest BCUT2D eigenvalue weighted by atomic mass is 10.1. The topological polar surface area (TPSA) is 63.1 Å². The van der Waals surface area contributed by atoms with E-state index in [9.17, 15) is 4.79 Å². The van der Waals surface area contributed by atoms with Gasteiger partial charge < -0.3 is 10.2 Å². The highest BCUT2D eigenvalue weighted by Crippen LogP contribution is 2.24. The Labute approximate surface area is 156 Å². The van der Waals surface area contributed by atoms with Crippen LogP contribution in [0.25, 0.3) is 0 Å². The first kappa shape index (κ1) is 16.8. The molecule has 134 valence electrons. The summed E-state index contributed by atoms with van der Waals surface area (Å²) in [5, 5.41) is 10.3. The summed E-state index contributed by atoms with van der Waals surface area (Å²) in [7, 11) is 0. The molecule has 6 nitrogen and oxygen atoms in total. The second kappa shape index (κ2) is 7.70. The molecule has 0 bridgehead atoms. The number of carbonyl (C=O) groups is 1. The number of aromatic nitrogens is 3. The normalized spacial score (nSPS) is 13.9. The molecule has 1 aromatic carbocycles. The average Bonchev–Trinajstić information content (AvgIpc) is 3.41. The highest BCUT2D eigenvalue weighted by Gasteiger charge is 2.16. The van der Waals surface area contributed by atoms with Gasteiger partial charge >= 0.3 is 0 Å². The summed E-state index contributed by atoms with van der Waals surface area (Å²) in [6.45, 7) is 3.27. The summed E-state index contributed by atoms with van der Waals surface area (Å²) < 4.78 is 1.84. The fourth-order valence-corrected chi connectivity index (χ4v) is 3.98. The Balaban J connectivity index is 1.36. The Bertz CT molecular complexity index is 868. The van der Waals surface area contributed by atoms with E-state index in [1.54, 1.807) is 17.5 Å². The van der Waals surface area contributed by atoms with E-state index in [0.717, 1.165) is 29.5 Å². The minimum Gasteiger partial charge on any atom is -0.348 e. The molecule has 1 aliphatic rings. The molecule has 1 fully saturated rings. The number of hydrogen-bond acceptors (Lipinski definition) is 5. The maximum Gasteiger partial charge on any atom is 0.251 e. The van der Waals surface area contributed by atoms with Crippen LogP contribution in [-0.2, 0) is 13.1 Å². The van der Waals surface area contributed by atoms with Crippen LogP contribution in [0.1, 0.15) is 34.5 Å². The van der Waals surface area contributed by atoms with E-state index in [1.807, 2.05) is 46.6 Å². The molecule has 4 rings (SSSR count). The van der Waals surface area contributed by atoms with E-state index in [1.165, 1.54) is 12.8 Å². The number of hydrogen-bond donors (Lipinski definition) is 1. The largest absolute Gasteiger partial charge is 0.348 e. The molecule has 1 N–H and O–H groups in total. The van der Waals surface area contributed by atoms with Gasteiger partial charge in [-0.15, -0.1) is 11.3 Å². The van der Waals surface area contributed by atoms with Crippen LogP contribution in [0, 0.1) is 0 Å². The predicted octanol–water partition coefficient (Wildman–Crippen LogP) is 2.92. The third-order valence-electron chi connectivity index (χ3n) is 4.44. The molecule has 2 aromatic heterocycles. The van der Waals surface area contributed by atoms with Crippen LogP contribution in [0.2, 0.25) is 0 Å². The lowest BCUT2D eigenvalue weighted by Crippen LogP contribution is -2.23. The first-order chi connectivity index (χ1) is 12.8. The van der Waals surface area contributed by atoms with E-state index in [-0.39, 0.29) is 5.91 Å². The zero-order chi connectivity index (χ0) is 17.8. The number of anilines is 1. The van der Waals surface area contributed by atoms with Gasteiger partial charge in [0.2, 0.25) is 0 Å². The molecular formula is C19H21N5OS. The van der Waals surface area contributed by atoms with E-state index >= 15 is 0 Å². The Morgan fingerprint density at radius 3 is 2.92 bits per heavy atom. The van der Waals surface area contributed by atoms with Crippen LogP contribution < -0.4 is 10.2 Å². The summed E-state index contributed by atoms with van der Waals surface area (Å²) in [6.07, 6.45) is 6.13. The number of carbonyl (C=O) groups excluding carboxylic acids is 1. The van der Waals surface area contributed by atoms with E-state index in [4.69, 9.17) is 0 Å². The van der Waals surface area contributed by atoms with Crippen molar-refractivity contribution in [3.63, 3.8) is 0 Å². The first-order valence-electron chi connectivity index (χ1n) is 8.82. The molecule has 3 heterocycles. The fraction of sp³-hybridized carbons (Fsp3) is 0.316. The lowest BCUT2D eigenvalue weighted by molar-refractivity contribution is 0.0950. The van der Waals surface area contributed by atoms with Crippen molar-refractivity contribution in [3.05, 3.63) is 64.9 Å². The van der Waals surface area contributed by atoms with Gasteiger partial charge in [-0.1, -0.05) is 12.1 Å². The molecule has 26 heavy (non-hydrogen) atoms. The number of thiazole rings is 1. The van der Waals surface area contributed by atoms with Gasteiger partial charge in [-0.3, -0.25) is 9.48 Å². The molecule has 1 amide bonds. The lowest BCUT2D eigenvalue weighted by Gasteiger charge is -2.12. The van der Waals surface area contributed by atoms with Crippen molar-refractivity contribution in [1.29, 1.82) is 0 Å². The minimum atomic E-state index is -0.0805. The first-order valence-corrected chi connectivity index (χ1v) is 9.70. The van der Waals surface area contributed by atoms with Crippen LogP contribution in [0.3, 0.4) is 0 Å². The zero-order valence-electron chi connectivity index (χ0n) is 14.5. The van der Waals surface area contributed by atoms with Gasteiger partial charge in [0, 0.05) is 36.4 Å². The monoisotopic (exact) mass is 367 g/mol. The van der Waals surface area contributed by atoms with Crippen molar-refractivity contribution >= 4 is 22.4 Å². The van der Waals surface area contributed by atoms with Crippen LogP contribution in [-0.4, -0.2) is 33.8 Å². The van der Waals surface area contributed by atoms with Gasteiger partial charge in [-0.2, -0.15) is 5.10 Å². The zero-order valence-corrected chi connectivity index (χ0v) is 15.3. The van der Waals surface area contributed by atoms with Crippen molar-refractivity contribution < 1.29 is 4.79 Å². The highest BCUT2D eigenvalue weighted by molar-refractivity contribution is 7.13. The summed E-state index contributed by atoms with van der Waals surface area (Å²) in [6, 6.07) is 9.54. The number of rotatable bonds is 6. The second-order valence-electron chi connectivity index (χ2n) is 6.40. The highest BCUT2D eigenvalue weighted by atomic mass is 32.1. The molecule has 0 radical (unpaired) electrons. The SMILES string of the molecule is O=C(NCc1csc(N2CCCC2)n1)c1cccc(Cn2cccn2)c1. The second-order valence-corrected chi connectivity index (χ2v) is 7.24. The van der Waals surface area contributed by atoms with Gasteiger partial charge in [0.15, 0.2) is 5.13 Å². The number of benzene rings is 1. The summed E-state index contributed by atoms with van der Waals surface area (Å²) >= 11 is 1.65. The molecule has 0 aliphatic carbocycles. The van der Waals surface area contributed by atoms with Crippen molar-refractivity contribution in [1.82, 2.24) is 20.1 Å². The van der Waals surface area contributed by atoms with Crippen LogP contribution in [0.5, 0.6) is 0 Å². The molecule has 0 unspecified atom stereocenters. The van der Waals surface area contributed by atoms with Gasteiger partial charge in [0.1, 0.15) is 0 Å². The number of nitrogens with zero attached hydrogens (tertiary/aromatic N) is 4.